The van der Waals surface area contributed by atoms with Gasteiger partial charge in [-0.1, -0.05) is 11.6 Å². The molecule has 0 radical (unpaired) electrons. The number of carbonyl (C=O) groups excluding carboxylic acids is 1. The number of primary sulfonamides is 1. The second-order valence-corrected chi connectivity index (χ2v) is 8.83. The number of benzene rings is 3. The first-order valence-electron chi connectivity index (χ1n) is 9.27. The van der Waals surface area contributed by atoms with Crippen molar-refractivity contribution in [1.29, 1.82) is 0 Å². The molecule has 0 bridgehead atoms. The van der Waals surface area contributed by atoms with E-state index in [0.717, 1.165) is 0 Å². The largest absolute Gasteiger partial charge is 0.321 e. The van der Waals surface area contributed by atoms with Crippen LogP contribution in [0.5, 0.6) is 0 Å². The van der Waals surface area contributed by atoms with Crippen molar-refractivity contribution < 1.29 is 17.6 Å². The van der Waals surface area contributed by atoms with Gasteiger partial charge < -0.3 is 5.32 Å². The number of halogens is 2. The molecule has 0 saturated carbocycles. The van der Waals surface area contributed by atoms with Crippen molar-refractivity contribution in [3.63, 3.8) is 0 Å². The zero-order valence-electron chi connectivity index (χ0n) is 16.4. The molecule has 0 fully saturated rings. The van der Waals surface area contributed by atoms with Crippen molar-refractivity contribution in [2.75, 3.05) is 5.32 Å². The summed E-state index contributed by atoms with van der Waals surface area (Å²) >= 11 is 5.87. The number of nitrogens with two attached hydrogens (primary N) is 1. The van der Waals surface area contributed by atoms with Crippen molar-refractivity contribution in [2.45, 2.75) is 4.90 Å². The summed E-state index contributed by atoms with van der Waals surface area (Å²) in [6, 6.07) is 19.6. The van der Waals surface area contributed by atoms with Crippen LogP contribution < -0.4 is 10.5 Å². The molecular weight excluding hydrogens is 455 g/mol. The molecule has 0 aliphatic carbocycles. The van der Waals surface area contributed by atoms with Crippen molar-refractivity contribution >= 4 is 33.2 Å². The Morgan fingerprint density at radius 3 is 2.19 bits per heavy atom. The maximum Gasteiger partial charge on any atom is 0.276 e. The van der Waals surface area contributed by atoms with Crippen molar-refractivity contribution in [1.82, 2.24) is 9.78 Å². The lowest BCUT2D eigenvalue weighted by atomic mass is 10.1. The lowest BCUT2D eigenvalue weighted by Crippen LogP contribution is -2.13. The molecular formula is C22H16ClFN4O3S. The molecule has 0 aliphatic rings. The van der Waals surface area contributed by atoms with Gasteiger partial charge in [-0.25, -0.2) is 22.6 Å². The van der Waals surface area contributed by atoms with Gasteiger partial charge in [0.2, 0.25) is 10.0 Å². The SMILES string of the molecule is NS(=O)(=O)c1ccc(-n2nc(C(=O)Nc3ccc(Cl)cc3)cc2-c2ccc(F)cc2)cc1. The number of sulfonamides is 1. The lowest BCUT2D eigenvalue weighted by molar-refractivity contribution is 0.102. The van der Waals surface area contributed by atoms with Crippen molar-refractivity contribution in [3.8, 4) is 16.9 Å². The van der Waals surface area contributed by atoms with Crippen LogP contribution in [0.15, 0.2) is 83.8 Å². The van der Waals surface area contributed by atoms with Gasteiger partial charge in [-0.05, 0) is 78.9 Å². The fourth-order valence-electron chi connectivity index (χ4n) is 3.02. The van der Waals surface area contributed by atoms with E-state index in [0.29, 0.717) is 27.7 Å². The Balaban J connectivity index is 1.75. The van der Waals surface area contributed by atoms with Gasteiger partial charge in [0.1, 0.15) is 5.82 Å². The minimum absolute atomic E-state index is 0.0579. The molecule has 4 aromatic rings. The molecule has 0 atom stereocenters. The van der Waals surface area contributed by atoms with Crippen molar-refractivity contribution in [2.24, 2.45) is 5.14 Å². The van der Waals surface area contributed by atoms with E-state index >= 15 is 0 Å². The molecule has 1 heterocycles. The summed E-state index contributed by atoms with van der Waals surface area (Å²) in [7, 11) is -3.86. The number of amides is 1. The summed E-state index contributed by atoms with van der Waals surface area (Å²) in [6.45, 7) is 0. The molecule has 7 nitrogen and oxygen atoms in total. The fourth-order valence-corrected chi connectivity index (χ4v) is 3.66. The van der Waals surface area contributed by atoms with E-state index in [4.69, 9.17) is 16.7 Å². The summed E-state index contributed by atoms with van der Waals surface area (Å²) in [5.41, 5.74) is 2.25. The summed E-state index contributed by atoms with van der Waals surface area (Å²) in [5, 5.41) is 12.8. The molecule has 32 heavy (non-hydrogen) atoms. The average molecular weight is 471 g/mol. The first kappa shape index (κ1) is 21.7. The van der Waals surface area contributed by atoms with E-state index in [-0.39, 0.29) is 10.6 Å². The number of hydrogen-bond acceptors (Lipinski definition) is 4. The highest BCUT2D eigenvalue weighted by Crippen LogP contribution is 2.26. The maximum atomic E-state index is 13.4. The van der Waals surface area contributed by atoms with Gasteiger partial charge in [-0.15, -0.1) is 0 Å². The Morgan fingerprint density at radius 1 is 0.969 bits per heavy atom. The zero-order chi connectivity index (χ0) is 22.9. The molecule has 4 rings (SSSR count). The van der Waals surface area contributed by atoms with Crippen LogP contribution in [-0.4, -0.2) is 24.1 Å². The number of rotatable bonds is 5. The van der Waals surface area contributed by atoms with Gasteiger partial charge in [-0.2, -0.15) is 5.10 Å². The van der Waals surface area contributed by atoms with Crippen LogP contribution in [0.3, 0.4) is 0 Å². The molecule has 3 N–H and O–H groups in total. The number of anilines is 1. The van der Waals surface area contributed by atoms with E-state index in [9.17, 15) is 17.6 Å². The predicted molar refractivity (Wildman–Crippen MR) is 120 cm³/mol. The van der Waals surface area contributed by atoms with E-state index < -0.39 is 21.7 Å². The Bertz CT molecular complexity index is 1380. The molecule has 162 valence electrons. The number of aromatic nitrogens is 2. The minimum Gasteiger partial charge on any atom is -0.321 e. The van der Waals surface area contributed by atoms with Gasteiger partial charge in [-0.3, -0.25) is 4.79 Å². The molecule has 0 spiro atoms. The summed E-state index contributed by atoms with van der Waals surface area (Å²) in [6.07, 6.45) is 0. The van der Waals surface area contributed by atoms with E-state index in [2.05, 4.69) is 10.4 Å². The first-order chi connectivity index (χ1) is 15.2. The highest BCUT2D eigenvalue weighted by Gasteiger charge is 2.18. The molecule has 0 saturated heterocycles. The smallest absolute Gasteiger partial charge is 0.276 e. The lowest BCUT2D eigenvalue weighted by Gasteiger charge is -2.08. The van der Waals surface area contributed by atoms with Gasteiger partial charge >= 0.3 is 0 Å². The summed E-state index contributed by atoms with van der Waals surface area (Å²) in [5.74, 6) is -0.867. The van der Waals surface area contributed by atoms with Crippen LogP contribution >= 0.6 is 11.6 Å². The molecule has 1 aromatic heterocycles. The number of carbonyl (C=O) groups is 1. The van der Waals surface area contributed by atoms with Crippen LogP contribution in [0.4, 0.5) is 10.1 Å². The highest BCUT2D eigenvalue weighted by atomic mass is 35.5. The van der Waals surface area contributed by atoms with Crippen LogP contribution in [0.25, 0.3) is 16.9 Å². The molecule has 1 amide bonds. The van der Waals surface area contributed by atoms with Gasteiger partial charge in [0.05, 0.1) is 16.3 Å². The van der Waals surface area contributed by atoms with Gasteiger partial charge in [0.15, 0.2) is 5.69 Å². The first-order valence-corrected chi connectivity index (χ1v) is 11.2. The third kappa shape index (κ3) is 4.70. The third-order valence-corrected chi connectivity index (χ3v) is 5.78. The molecule has 0 aliphatic heterocycles. The second kappa shape index (κ2) is 8.54. The Hall–Kier alpha value is -3.53. The van der Waals surface area contributed by atoms with Crippen LogP contribution in [0.1, 0.15) is 10.5 Å². The number of hydrogen-bond donors (Lipinski definition) is 2. The predicted octanol–water partition coefficient (Wildman–Crippen LogP) is 4.23. The second-order valence-electron chi connectivity index (χ2n) is 6.83. The molecule has 0 unspecified atom stereocenters. The fraction of sp³-hybridized carbons (Fsp3) is 0. The summed E-state index contributed by atoms with van der Waals surface area (Å²) in [4.78, 5) is 12.7. The van der Waals surface area contributed by atoms with E-state index in [1.165, 1.54) is 41.1 Å². The van der Waals surface area contributed by atoms with Crippen LogP contribution in [-0.2, 0) is 10.0 Å². The topological polar surface area (TPSA) is 107 Å². The quantitative estimate of drug-likeness (QED) is 0.455. The van der Waals surface area contributed by atoms with Gasteiger partial charge in [0.25, 0.3) is 5.91 Å². The Morgan fingerprint density at radius 2 is 1.59 bits per heavy atom. The minimum atomic E-state index is -3.86. The van der Waals surface area contributed by atoms with Crippen LogP contribution in [0.2, 0.25) is 5.02 Å². The highest BCUT2D eigenvalue weighted by molar-refractivity contribution is 7.89. The zero-order valence-corrected chi connectivity index (χ0v) is 17.9. The number of nitrogens with one attached hydrogen (secondary N) is 1. The van der Waals surface area contributed by atoms with E-state index in [1.54, 1.807) is 42.5 Å². The Labute approximate surface area is 188 Å². The Kier molecular flexibility index (Phi) is 5.79. The molecule has 10 heteroatoms. The monoisotopic (exact) mass is 470 g/mol. The maximum absolute atomic E-state index is 13.4. The third-order valence-electron chi connectivity index (χ3n) is 4.59. The average Bonchev–Trinajstić information content (AvgIpc) is 3.21. The van der Waals surface area contributed by atoms with Crippen molar-refractivity contribution in [3.05, 3.63) is 95.4 Å². The summed E-state index contributed by atoms with van der Waals surface area (Å²) < 4.78 is 38.0. The molecule has 3 aromatic carbocycles. The number of nitrogens with zero attached hydrogens (tertiary/aromatic N) is 2. The standard InChI is InChI=1S/C22H16ClFN4O3S/c23-15-3-7-17(8-4-15)26-22(29)20-13-21(14-1-5-16(24)6-2-14)28(27-20)18-9-11-19(12-10-18)32(25,30)31/h1-13H,(H,26,29)(H2,25,30,31). The van der Waals surface area contributed by atoms with Crippen LogP contribution in [0, 0.1) is 5.82 Å². The van der Waals surface area contributed by atoms with Gasteiger partial charge in [0, 0.05) is 16.3 Å². The normalized spacial score (nSPS) is 11.3. The van der Waals surface area contributed by atoms with E-state index in [1.807, 2.05) is 0 Å².